The summed E-state index contributed by atoms with van der Waals surface area (Å²) in [6, 6.07) is 0. The van der Waals surface area contributed by atoms with Gasteiger partial charge in [0.15, 0.2) is 0 Å². The first-order chi connectivity index (χ1) is 6.74. The molecule has 0 aromatic carbocycles. The fraction of sp³-hybridized carbons (Fsp3) is 0.556. The van der Waals surface area contributed by atoms with Crippen molar-refractivity contribution in [3.63, 3.8) is 0 Å². The molecule has 2 rings (SSSR count). The van der Waals surface area contributed by atoms with Gasteiger partial charge in [-0.2, -0.15) is 0 Å². The van der Waals surface area contributed by atoms with Crippen molar-refractivity contribution in [3.8, 4) is 0 Å². The molecule has 5 heteroatoms. The Morgan fingerprint density at radius 3 is 2.64 bits per heavy atom. The van der Waals surface area contributed by atoms with E-state index in [-0.39, 0.29) is 5.54 Å². The van der Waals surface area contributed by atoms with Gasteiger partial charge in [0, 0.05) is 23.1 Å². The van der Waals surface area contributed by atoms with Crippen LogP contribution in [0, 0.1) is 3.57 Å². The summed E-state index contributed by atoms with van der Waals surface area (Å²) in [7, 11) is 1.72. The number of nitrogens with zero attached hydrogens (tertiary/aromatic N) is 2. The summed E-state index contributed by atoms with van der Waals surface area (Å²) < 4.78 is 6.19. The molecule has 0 radical (unpaired) electrons. The van der Waals surface area contributed by atoms with Crippen LogP contribution in [-0.2, 0) is 4.74 Å². The van der Waals surface area contributed by atoms with Crippen molar-refractivity contribution in [2.75, 3.05) is 19.0 Å². The monoisotopic (exact) mass is 305 g/mol. The van der Waals surface area contributed by atoms with Gasteiger partial charge in [-0.25, -0.2) is 9.97 Å². The molecule has 1 saturated carbocycles. The number of hydrogen-bond donors (Lipinski definition) is 1. The molecule has 4 nitrogen and oxygen atoms in total. The van der Waals surface area contributed by atoms with Crippen LogP contribution in [0.4, 0.5) is 5.95 Å². The Kier molecular flexibility index (Phi) is 2.87. The minimum Gasteiger partial charge on any atom is -0.382 e. The molecule has 0 aliphatic heterocycles. The van der Waals surface area contributed by atoms with Crippen LogP contribution in [0.5, 0.6) is 0 Å². The fourth-order valence-electron chi connectivity index (χ4n) is 1.35. The van der Waals surface area contributed by atoms with Gasteiger partial charge in [-0.3, -0.25) is 0 Å². The minimum absolute atomic E-state index is 0.0987. The highest BCUT2D eigenvalue weighted by atomic mass is 127. The quantitative estimate of drug-likeness (QED) is 0.860. The number of halogens is 1. The normalized spacial score (nSPS) is 17.9. The lowest BCUT2D eigenvalue weighted by atomic mass is 10.3. The van der Waals surface area contributed by atoms with Crippen molar-refractivity contribution in [3.05, 3.63) is 16.0 Å². The molecule has 0 bridgehead atoms. The number of methoxy groups -OCH3 is 1. The van der Waals surface area contributed by atoms with Crippen molar-refractivity contribution < 1.29 is 4.74 Å². The van der Waals surface area contributed by atoms with Crippen LogP contribution in [0.1, 0.15) is 12.8 Å². The molecule has 1 heterocycles. The highest BCUT2D eigenvalue weighted by Gasteiger charge is 2.43. The summed E-state index contributed by atoms with van der Waals surface area (Å²) in [5.41, 5.74) is 0.0987. The molecule has 1 fully saturated rings. The lowest BCUT2D eigenvalue weighted by molar-refractivity contribution is 0.179. The molecule has 1 aromatic rings. The van der Waals surface area contributed by atoms with E-state index in [0.29, 0.717) is 5.95 Å². The Labute approximate surface area is 96.6 Å². The van der Waals surface area contributed by atoms with Crippen LogP contribution in [0.2, 0.25) is 0 Å². The number of anilines is 1. The standard InChI is InChI=1S/C9H12IN3O/c1-14-6-9(2-3-9)13-8-11-4-7(10)5-12-8/h4-5H,2-3,6H2,1H3,(H,11,12,13). The van der Waals surface area contributed by atoms with Crippen LogP contribution in [0.3, 0.4) is 0 Å². The van der Waals surface area contributed by atoms with E-state index in [1.807, 2.05) is 0 Å². The molecular formula is C9H12IN3O. The van der Waals surface area contributed by atoms with Gasteiger partial charge in [0.05, 0.1) is 12.1 Å². The molecule has 14 heavy (non-hydrogen) atoms. The Morgan fingerprint density at radius 1 is 1.50 bits per heavy atom. The molecule has 0 spiro atoms. The van der Waals surface area contributed by atoms with Gasteiger partial charge in [0.2, 0.25) is 5.95 Å². The molecule has 0 atom stereocenters. The van der Waals surface area contributed by atoms with Crippen LogP contribution >= 0.6 is 22.6 Å². The van der Waals surface area contributed by atoms with E-state index >= 15 is 0 Å². The highest BCUT2D eigenvalue weighted by molar-refractivity contribution is 14.1. The van der Waals surface area contributed by atoms with Gasteiger partial charge in [0.1, 0.15) is 0 Å². The smallest absolute Gasteiger partial charge is 0.223 e. The molecule has 1 N–H and O–H groups in total. The van der Waals surface area contributed by atoms with Crippen LogP contribution < -0.4 is 5.32 Å². The van der Waals surface area contributed by atoms with Crippen molar-refractivity contribution in [1.29, 1.82) is 0 Å². The maximum Gasteiger partial charge on any atom is 0.223 e. The second-order valence-corrected chi connectivity index (χ2v) is 4.81. The molecular weight excluding hydrogens is 293 g/mol. The molecule has 1 aliphatic rings. The second kappa shape index (κ2) is 3.98. The molecule has 0 saturated heterocycles. The predicted octanol–water partition coefficient (Wildman–Crippen LogP) is 1.67. The molecule has 0 amide bonds. The van der Waals surface area contributed by atoms with E-state index in [1.165, 1.54) is 0 Å². The highest BCUT2D eigenvalue weighted by Crippen LogP contribution is 2.38. The Balaban J connectivity index is 2.00. The van der Waals surface area contributed by atoms with E-state index in [9.17, 15) is 0 Å². The van der Waals surface area contributed by atoms with Gasteiger partial charge in [0.25, 0.3) is 0 Å². The van der Waals surface area contributed by atoms with Gasteiger partial charge in [-0.05, 0) is 35.4 Å². The van der Waals surface area contributed by atoms with Crippen molar-refractivity contribution in [2.45, 2.75) is 18.4 Å². The zero-order chi connectivity index (χ0) is 10.0. The van der Waals surface area contributed by atoms with Crippen LogP contribution in [-0.4, -0.2) is 29.2 Å². The largest absolute Gasteiger partial charge is 0.382 e. The topological polar surface area (TPSA) is 47.0 Å². The molecule has 1 aromatic heterocycles. The third-order valence-electron chi connectivity index (χ3n) is 2.27. The first-order valence-corrected chi connectivity index (χ1v) is 5.57. The van der Waals surface area contributed by atoms with E-state index in [4.69, 9.17) is 4.74 Å². The average Bonchev–Trinajstić information content (AvgIpc) is 2.90. The SMILES string of the molecule is COCC1(Nc2ncc(I)cn2)CC1. The van der Waals surface area contributed by atoms with Crippen molar-refractivity contribution in [2.24, 2.45) is 0 Å². The van der Waals surface area contributed by atoms with Crippen LogP contribution in [0.25, 0.3) is 0 Å². The Bertz CT molecular complexity index is 310. The molecule has 76 valence electrons. The fourth-order valence-corrected chi connectivity index (χ4v) is 1.63. The molecule has 0 unspecified atom stereocenters. The number of ether oxygens (including phenoxy) is 1. The second-order valence-electron chi connectivity index (χ2n) is 3.56. The third kappa shape index (κ3) is 2.33. The van der Waals surface area contributed by atoms with Crippen molar-refractivity contribution in [1.82, 2.24) is 9.97 Å². The van der Waals surface area contributed by atoms with E-state index in [2.05, 4.69) is 37.9 Å². The number of nitrogens with one attached hydrogen (secondary N) is 1. The third-order valence-corrected chi connectivity index (χ3v) is 2.83. The first-order valence-electron chi connectivity index (χ1n) is 4.49. The zero-order valence-electron chi connectivity index (χ0n) is 7.96. The summed E-state index contributed by atoms with van der Waals surface area (Å²) in [6.07, 6.45) is 5.88. The van der Waals surface area contributed by atoms with E-state index in [1.54, 1.807) is 19.5 Å². The summed E-state index contributed by atoms with van der Waals surface area (Å²) in [5, 5.41) is 3.31. The lowest BCUT2D eigenvalue weighted by Crippen LogP contribution is -2.27. The maximum absolute atomic E-state index is 5.15. The predicted molar refractivity (Wildman–Crippen MR) is 62.2 cm³/mol. The average molecular weight is 305 g/mol. The number of rotatable bonds is 4. The minimum atomic E-state index is 0.0987. The lowest BCUT2D eigenvalue weighted by Gasteiger charge is -2.15. The van der Waals surface area contributed by atoms with Gasteiger partial charge < -0.3 is 10.1 Å². The van der Waals surface area contributed by atoms with Crippen molar-refractivity contribution >= 4 is 28.5 Å². The zero-order valence-corrected chi connectivity index (χ0v) is 10.1. The van der Waals surface area contributed by atoms with Crippen LogP contribution in [0.15, 0.2) is 12.4 Å². The number of aromatic nitrogens is 2. The van der Waals surface area contributed by atoms with Gasteiger partial charge in [-0.1, -0.05) is 0 Å². The first kappa shape index (κ1) is 10.1. The summed E-state index contributed by atoms with van der Waals surface area (Å²) in [5.74, 6) is 0.694. The summed E-state index contributed by atoms with van der Waals surface area (Å²) >= 11 is 2.19. The van der Waals surface area contributed by atoms with Gasteiger partial charge in [-0.15, -0.1) is 0 Å². The molecule has 1 aliphatic carbocycles. The van der Waals surface area contributed by atoms with E-state index < -0.39 is 0 Å². The number of hydrogen-bond acceptors (Lipinski definition) is 4. The Morgan fingerprint density at radius 2 is 2.14 bits per heavy atom. The Hall–Kier alpha value is -0.430. The van der Waals surface area contributed by atoms with Gasteiger partial charge >= 0.3 is 0 Å². The summed E-state index contributed by atoms with van der Waals surface area (Å²) in [4.78, 5) is 8.40. The maximum atomic E-state index is 5.15. The summed E-state index contributed by atoms with van der Waals surface area (Å²) in [6.45, 7) is 0.725. The van der Waals surface area contributed by atoms with E-state index in [0.717, 1.165) is 23.0 Å².